The minimum atomic E-state index is -4.86. The van der Waals surface area contributed by atoms with Crippen molar-refractivity contribution in [1.29, 1.82) is 0 Å². The van der Waals surface area contributed by atoms with E-state index >= 15 is 0 Å². The summed E-state index contributed by atoms with van der Waals surface area (Å²) in [5.41, 5.74) is 0.342. The standard InChI is InChI=1S/C22H16F3N5O2/c1-32-19-12-11-18(28-29-19)30-20(22(23,24)25)17(13-26-30)21(31)27-16-9-7-15(8-10-16)14-5-3-2-4-6-14/h2-13H,1H3,(H,27,31). The molecule has 162 valence electrons. The lowest BCUT2D eigenvalue weighted by molar-refractivity contribution is -0.143. The third-order valence-corrected chi connectivity index (χ3v) is 4.58. The van der Waals surface area contributed by atoms with Crippen LogP contribution < -0.4 is 10.1 Å². The Morgan fingerprint density at radius 3 is 2.22 bits per heavy atom. The van der Waals surface area contributed by atoms with Gasteiger partial charge in [0.15, 0.2) is 11.5 Å². The van der Waals surface area contributed by atoms with Crippen molar-refractivity contribution < 1.29 is 22.7 Å². The molecule has 4 rings (SSSR count). The molecule has 0 spiro atoms. The van der Waals surface area contributed by atoms with E-state index in [1.54, 1.807) is 24.3 Å². The molecule has 0 radical (unpaired) electrons. The molecular weight excluding hydrogens is 423 g/mol. The van der Waals surface area contributed by atoms with Crippen LogP contribution in [0.5, 0.6) is 5.88 Å². The first-order valence-corrected chi connectivity index (χ1v) is 9.37. The van der Waals surface area contributed by atoms with Gasteiger partial charge in [0.05, 0.1) is 18.9 Å². The van der Waals surface area contributed by atoms with Gasteiger partial charge in [0.1, 0.15) is 0 Å². The van der Waals surface area contributed by atoms with Crippen molar-refractivity contribution in [2.24, 2.45) is 0 Å². The van der Waals surface area contributed by atoms with E-state index in [1.807, 2.05) is 30.3 Å². The Kier molecular flexibility index (Phi) is 5.59. The minimum absolute atomic E-state index is 0.131. The van der Waals surface area contributed by atoms with Crippen LogP contribution in [0.1, 0.15) is 16.1 Å². The normalized spacial score (nSPS) is 11.2. The van der Waals surface area contributed by atoms with Gasteiger partial charge in [-0.1, -0.05) is 42.5 Å². The molecule has 0 atom stereocenters. The van der Waals surface area contributed by atoms with Crippen LogP contribution >= 0.6 is 0 Å². The van der Waals surface area contributed by atoms with Gasteiger partial charge in [0.25, 0.3) is 5.91 Å². The summed E-state index contributed by atoms with van der Waals surface area (Å²) in [5.74, 6) is -1.02. The molecule has 1 N–H and O–H groups in total. The Hall–Kier alpha value is -4.21. The molecule has 2 aromatic heterocycles. The van der Waals surface area contributed by atoms with Gasteiger partial charge in [-0.15, -0.1) is 10.2 Å². The maximum absolute atomic E-state index is 13.8. The molecule has 0 saturated carbocycles. The molecule has 0 aliphatic carbocycles. The largest absolute Gasteiger partial charge is 0.480 e. The number of amides is 1. The first kappa shape index (κ1) is 21.0. The van der Waals surface area contributed by atoms with Crippen LogP contribution in [0.15, 0.2) is 72.9 Å². The van der Waals surface area contributed by atoms with Crippen LogP contribution in [0.25, 0.3) is 16.9 Å². The lowest BCUT2D eigenvalue weighted by Gasteiger charge is -2.12. The summed E-state index contributed by atoms with van der Waals surface area (Å²) in [6.07, 6.45) is -4.01. The number of methoxy groups -OCH3 is 1. The Morgan fingerprint density at radius 1 is 0.938 bits per heavy atom. The molecule has 10 heteroatoms. The summed E-state index contributed by atoms with van der Waals surface area (Å²) >= 11 is 0. The second kappa shape index (κ2) is 8.50. The molecule has 0 aliphatic rings. The van der Waals surface area contributed by atoms with Gasteiger partial charge in [-0.25, -0.2) is 4.68 Å². The van der Waals surface area contributed by atoms with Gasteiger partial charge in [0, 0.05) is 11.8 Å². The first-order chi connectivity index (χ1) is 15.4. The molecule has 2 heterocycles. The number of carbonyl (C=O) groups excluding carboxylic acids is 1. The minimum Gasteiger partial charge on any atom is -0.480 e. The molecule has 0 unspecified atom stereocenters. The fourth-order valence-electron chi connectivity index (χ4n) is 3.07. The lowest BCUT2D eigenvalue weighted by Crippen LogP contribution is -2.21. The molecule has 0 bridgehead atoms. The van der Waals surface area contributed by atoms with E-state index < -0.39 is 23.3 Å². The number of benzene rings is 2. The van der Waals surface area contributed by atoms with Crippen molar-refractivity contribution in [3.05, 3.63) is 84.2 Å². The predicted molar refractivity (Wildman–Crippen MR) is 111 cm³/mol. The number of aromatic nitrogens is 4. The lowest BCUT2D eigenvalue weighted by atomic mass is 10.1. The number of hydrogen-bond acceptors (Lipinski definition) is 5. The van der Waals surface area contributed by atoms with Crippen LogP contribution in [0.4, 0.5) is 18.9 Å². The molecule has 0 aliphatic heterocycles. The summed E-state index contributed by atoms with van der Waals surface area (Å²) < 4.78 is 46.8. The van der Waals surface area contributed by atoms with Crippen LogP contribution in [0.2, 0.25) is 0 Å². The van der Waals surface area contributed by atoms with Crippen molar-refractivity contribution in [3.63, 3.8) is 0 Å². The number of ether oxygens (including phenoxy) is 1. The zero-order valence-electron chi connectivity index (χ0n) is 16.7. The molecule has 2 aromatic carbocycles. The van der Waals surface area contributed by atoms with E-state index in [9.17, 15) is 18.0 Å². The second-order valence-electron chi connectivity index (χ2n) is 6.65. The van der Waals surface area contributed by atoms with Crippen molar-refractivity contribution in [1.82, 2.24) is 20.0 Å². The van der Waals surface area contributed by atoms with Crippen LogP contribution in [0, 0.1) is 0 Å². The number of rotatable bonds is 5. The summed E-state index contributed by atoms with van der Waals surface area (Å²) in [4.78, 5) is 12.7. The SMILES string of the molecule is COc1ccc(-n2ncc(C(=O)Nc3ccc(-c4ccccc4)cc3)c2C(F)(F)F)nn1. The van der Waals surface area contributed by atoms with Gasteiger partial charge in [-0.05, 0) is 29.3 Å². The second-order valence-corrected chi connectivity index (χ2v) is 6.65. The smallest absolute Gasteiger partial charge is 0.434 e. The van der Waals surface area contributed by atoms with E-state index in [2.05, 4.69) is 20.6 Å². The Balaban J connectivity index is 1.61. The monoisotopic (exact) mass is 439 g/mol. The maximum atomic E-state index is 13.8. The van der Waals surface area contributed by atoms with E-state index in [4.69, 9.17) is 4.74 Å². The van der Waals surface area contributed by atoms with E-state index in [0.717, 1.165) is 17.3 Å². The number of carbonyl (C=O) groups is 1. The average Bonchev–Trinajstić information content (AvgIpc) is 3.26. The number of hydrogen-bond donors (Lipinski definition) is 1. The topological polar surface area (TPSA) is 81.9 Å². The quantitative estimate of drug-likeness (QED) is 0.491. The highest BCUT2D eigenvalue weighted by atomic mass is 19.4. The van der Waals surface area contributed by atoms with Crippen molar-refractivity contribution in [3.8, 4) is 22.8 Å². The van der Waals surface area contributed by atoms with Crippen LogP contribution in [0.3, 0.4) is 0 Å². The highest BCUT2D eigenvalue weighted by Gasteiger charge is 2.41. The molecule has 0 fully saturated rings. The Bertz CT molecular complexity index is 1220. The molecule has 7 nitrogen and oxygen atoms in total. The fourth-order valence-corrected chi connectivity index (χ4v) is 3.07. The fraction of sp³-hybridized carbons (Fsp3) is 0.0909. The molecule has 0 saturated heterocycles. The molecule has 1 amide bonds. The van der Waals surface area contributed by atoms with Gasteiger partial charge in [-0.2, -0.15) is 18.3 Å². The number of nitrogens with zero attached hydrogens (tertiary/aromatic N) is 4. The number of nitrogens with one attached hydrogen (secondary N) is 1. The van der Waals surface area contributed by atoms with E-state index in [1.165, 1.54) is 19.2 Å². The first-order valence-electron chi connectivity index (χ1n) is 9.37. The zero-order valence-corrected chi connectivity index (χ0v) is 16.7. The number of alkyl halides is 3. The third kappa shape index (κ3) is 4.29. The third-order valence-electron chi connectivity index (χ3n) is 4.58. The molecule has 4 aromatic rings. The summed E-state index contributed by atoms with van der Waals surface area (Å²) in [6, 6.07) is 18.9. The Morgan fingerprint density at radius 2 is 1.62 bits per heavy atom. The summed E-state index contributed by atoms with van der Waals surface area (Å²) in [5, 5.41) is 13.5. The van der Waals surface area contributed by atoms with E-state index in [-0.39, 0.29) is 11.7 Å². The number of anilines is 1. The van der Waals surface area contributed by atoms with Gasteiger partial charge < -0.3 is 10.1 Å². The zero-order chi connectivity index (χ0) is 22.7. The van der Waals surface area contributed by atoms with Crippen molar-refractivity contribution in [2.45, 2.75) is 6.18 Å². The van der Waals surface area contributed by atoms with Gasteiger partial charge >= 0.3 is 6.18 Å². The number of halogens is 3. The van der Waals surface area contributed by atoms with Crippen molar-refractivity contribution >= 4 is 11.6 Å². The Labute approximate surface area is 180 Å². The van der Waals surface area contributed by atoms with E-state index in [0.29, 0.717) is 10.4 Å². The predicted octanol–water partition coefficient (Wildman–Crippen LogP) is 4.61. The summed E-state index contributed by atoms with van der Waals surface area (Å²) in [7, 11) is 1.35. The average molecular weight is 439 g/mol. The highest BCUT2D eigenvalue weighted by Crippen LogP contribution is 2.34. The van der Waals surface area contributed by atoms with Crippen molar-refractivity contribution in [2.75, 3.05) is 12.4 Å². The van der Waals surface area contributed by atoms with Crippen LogP contribution in [-0.4, -0.2) is 33.0 Å². The highest BCUT2D eigenvalue weighted by molar-refractivity contribution is 6.05. The summed E-state index contributed by atoms with van der Waals surface area (Å²) in [6.45, 7) is 0. The van der Waals surface area contributed by atoms with Gasteiger partial charge in [0.2, 0.25) is 5.88 Å². The van der Waals surface area contributed by atoms with Crippen LogP contribution in [-0.2, 0) is 6.18 Å². The van der Waals surface area contributed by atoms with Gasteiger partial charge in [-0.3, -0.25) is 4.79 Å². The molecular formula is C22H16F3N5O2. The molecule has 32 heavy (non-hydrogen) atoms. The maximum Gasteiger partial charge on any atom is 0.434 e.